The lowest BCUT2D eigenvalue weighted by Crippen LogP contribution is -2.38. The maximum Gasteiger partial charge on any atom is 0.0441 e. The van der Waals surface area contributed by atoms with Gasteiger partial charge in [0.25, 0.3) is 0 Å². The predicted octanol–water partition coefficient (Wildman–Crippen LogP) is 6.17. The highest BCUT2D eigenvalue weighted by molar-refractivity contribution is 6.31. The molecular formula is C19H32ClN. The third-order valence-corrected chi connectivity index (χ3v) is 4.22. The molecule has 1 aromatic carbocycles. The fourth-order valence-corrected chi connectivity index (χ4v) is 2.89. The fraction of sp³-hybridized carbons (Fsp3) is 0.684. The zero-order chi connectivity index (χ0) is 15.7. The van der Waals surface area contributed by atoms with Gasteiger partial charge in [0.15, 0.2) is 0 Å². The van der Waals surface area contributed by atoms with E-state index in [1.165, 1.54) is 44.1 Å². The van der Waals surface area contributed by atoms with Crippen LogP contribution in [-0.2, 0) is 0 Å². The Morgan fingerprint density at radius 1 is 1.05 bits per heavy atom. The SMILES string of the molecule is CCCCCCCC(CNC(C)(C)C)c1ccccc1Cl. The lowest BCUT2D eigenvalue weighted by Gasteiger charge is -2.26. The monoisotopic (exact) mass is 309 g/mol. The van der Waals surface area contributed by atoms with Crippen LogP contribution in [0.1, 0.15) is 77.7 Å². The predicted molar refractivity (Wildman–Crippen MR) is 95.3 cm³/mol. The average molecular weight is 310 g/mol. The van der Waals surface area contributed by atoms with Crippen LogP contribution in [0, 0.1) is 0 Å². The van der Waals surface area contributed by atoms with E-state index in [2.05, 4.69) is 45.1 Å². The molecule has 0 saturated heterocycles. The number of hydrogen-bond acceptors (Lipinski definition) is 1. The number of halogens is 1. The van der Waals surface area contributed by atoms with Gasteiger partial charge in [0.05, 0.1) is 0 Å². The van der Waals surface area contributed by atoms with Gasteiger partial charge in [-0.1, -0.05) is 68.8 Å². The Balaban J connectivity index is 2.60. The molecule has 0 aliphatic rings. The molecule has 1 atom stereocenters. The van der Waals surface area contributed by atoms with E-state index in [-0.39, 0.29) is 5.54 Å². The van der Waals surface area contributed by atoms with Gasteiger partial charge in [0.2, 0.25) is 0 Å². The summed E-state index contributed by atoms with van der Waals surface area (Å²) < 4.78 is 0. The summed E-state index contributed by atoms with van der Waals surface area (Å²) in [6.45, 7) is 9.93. The van der Waals surface area contributed by atoms with Crippen molar-refractivity contribution in [2.45, 2.75) is 77.7 Å². The van der Waals surface area contributed by atoms with Gasteiger partial charge in [-0.3, -0.25) is 0 Å². The summed E-state index contributed by atoms with van der Waals surface area (Å²) in [6.07, 6.45) is 7.87. The molecule has 0 bridgehead atoms. The summed E-state index contributed by atoms with van der Waals surface area (Å²) in [5.41, 5.74) is 1.45. The van der Waals surface area contributed by atoms with Crippen LogP contribution in [0.3, 0.4) is 0 Å². The Morgan fingerprint density at radius 2 is 1.71 bits per heavy atom. The van der Waals surface area contributed by atoms with Crippen molar-refractivity contribution in [1.29, 1.82) is 0 Å². The van der Waals surface area contributed by atoms with E-state index in [0.29, 0.717) is 5.92 Å². The van der Waals surface area contributed by atoms with Crippen LogP contribution in [0.15, 0.2) is 24.3 Å². The average Bonchev–Trinajstić information content (AvgIpc) is 2.42. The highest BCUT2D eigenvalue weighted by atomic mass is 35.5. The molecule has 0 radical (unpaired) electrons. The van der Waals surface area contributed by atoms with E-state index in [9.17, 15) is 0 Å². The molecule has 0 heterocycles. The topological polar surface area (TPSA) is 12.0 Å². The number of rotatable bonds is 9. The molecule has 1 aromatic rings. The van der Waals surface area contributed by atoms with Crippen LogP contribution in [0.4, 0.5) is 0 Å². The fourth-order valence-electron chi connectivity index (χ4n) is 2.60. The van der Waals surface area contributed by atoms with Crippen molar-refractivity contribution in [2.24, 2.45) is 0 Å². The van der Waals surface area contributed by atoms with Crippen molar-refractivity contribution in [3.05, 3.63) is 34.9 Å². The van der Waals surface area contributed by atoms with Gasteiger partial charge in [-0.15, -0.1) is 0 Å². The van der Waals surface area contributed by atoms with Crippen molar-refractivity contribution in [3.63, 3.8) is 0 Å². The van der Waals surface area contributed by atoms with E-state index < -0.39 is 0 Å². The minimum atomic E-state index is 0.154. The van der Waals surface area contributed by atoms with Gasteiger partial charge < -0.3 is 5.32 Å². The standard InChI is InChI=1S/C19H32ClN/c1-5-6-7-8-9-12-16(15-21-19(2,3)4)17-13-10-11-14-18(17)20/h10-11,13-14,16,21H,5-9,12,15H2,1-4H3. The lowest BCUT2D eigenvalue weighted by molar-refractivity contribution is 0.394. The van der Waals surface area contributed by atoms with Crippen LogP contribution < -0.4 is 5.32 Å². The molecule has 2 heteroatoms. The molecule has 0 aliphatic carbocycles. The Hall–Kier alpha value is -0.530. The number of hydrogen-bond donors (Lipinski definition) is 1. The van der Waals surface area contributed by atoms with Crippen LogP contribution in [0.5, 0.6) is 0 Å². The minimum Gasteiger partial charge on any atom is -0.311 e. The first-order valence-electron chi connectivity index (χ1n) is 8.43. The molecular weight excluding hydrogens is 278 g/mol. The maximum atomic E-state index is 6.40. The molecule has 1 nitrogen and oxygen atoms in total. The van der Waals surface area contributed by atoms with Crippen molar-refractivity contribution in [3.8, 4) is 0 Å². The Kier molecular flexibility index (Phi) is 8.36. The quantitative estimate of drug-likeness (QED) is 0.538. The summed E-state index contributed by atoms with van der Waals surface area (Å²) in [5, 5.41) is 4.55. The smallest absolute Gasteiger partial charge is 0.0441 e. The molecule has 0 fully saturated rings. The van der Waals surface area contributed by atoms with Crippen LogP contribution in [-0.4, -0.2) is 12.1 Å². The van der Waals surface area contributed by atoms with E-state index >= 15 is 0 Å². The second-order valence-corrected chi connectivity index (χ2v) is 7.46. The van der Waals surface area contributed by atoms with Crippen molar-refractivity contribution < 1.29 is 0 Å². The normalized spacial score (nSPS) is 13.4. The molecule has 0 amide bonds. The third-order valence-electron chi connectivity index (χ3n) is 3.88. The van der Waals surface area contributed by atoms with Crippen LogP contribution >= 0.6 is 11.6 Å². The van der Waals surface area contributed by atoms with E-state index in [0.717, 1.165) is 11.6 Å². The highest BCUT2D eigenvalue weighted by Gasteiger charge is 2.17. The molecule has 1 unspecified atom stereocenters. The van der Waals surface area contributed by atoms with Gasteiger partial charge in [-0.2, -0.15) is 0 Å². The summed E-state index contributed by atoms with van der Waals surface area (Å²) in [5.74, 6) is 0.513. The summed E-state index contributed by atoms with van der Waals surface area (Å²) >= 11 is 6.40. The van der Waals surface area contributed by atoms with E-state index in [1.54, 1.807) is 0 Å². The molecule has 0 saturated carbocycles. The molecule has 0 spiro atoms. The molecule has 0 aromatic heterocycles. The summed E-state index contributed by atoms with van der Waals surface area (Å²) in [7, 11) is 0. The first kappa shape index (κ1) is 18.5. The van der Waals surface area contributed by atoms with Gasteiger partial charge in [0, 0.05) is 17.1 Å². The minimum absolute atomic E-state index is 0.154. The van der Waals surface area contributed by atoms with Gasteiger partial charge in [-0.25, -0.2) is 0 Å². The molecule has 1 rings (SSSR count). The second kappa shape index (κ2) is 9.48. The second-order valence-electron chi connectivity index (χ2n) is 7.05. The van der Waals surface area contributed by atoms with E-state index in [1.807, 2.05) is 12.1 Å². The lowest BCUT2D eigenvalue weighted by atomic mass is 9.91. The number of nitrogens with one attached hydrogen (secondary N) is 1. The molecule has 120 valence electrons. The van der Waals surface area contributed by atoms with Crippen molar-refractivity contribution >= 4 is 11.6 Å². The highest BCUT2D eigenvalue weighted by Crippen LogP contribution is 2.29. The summed E-state index contributed by atoms with van der Waals surface area (Å²) in [4.78, 5) is 0. The first-order chi connectivity index (χ1) is 9.94. The van der Waals surface area contributed by atoms with Crippen LogP contribution in [0.25, 0.3) is 0 Å². The van der Waals surface area contributed by atoms with Crippen molar-refractivity contribution in [1.82, 2.24) is 5.32 Å². The van der Waals surface area contributed by atoms with Crippen LogP contribution in [0.2, 0.25) is 5.02 Å². The van der Waals surface area contributed by atoms with Gasteiger partial charge >= 0.3 is 0 Å². The largest absolute Gasteiger partial charge is 0.311 e. The summed E-state index contributed by atoms with van der Waals surface area (Å²) in [6, 6.07) is 8.31. The zero-order valence-electron chi connectivity index (χ0n) is 14.2. The van der Waals surface area contributed by atoms with Crippen molar-refractivity contribution in [2.75, 3.05) is 6.54 Å². The first-order valence-corrected chi connectivity index (χ1v) is 8.81. The van der Waals surface area contributed by atoms with Gasteiger partial charge in [-0.05, 0) is 44.7 Å². The number of benzene rings is 1. The maximum absolute atomic E-state index is 6.40. The molecule has 1 N–H and O–H groups in total. The van der Waals surface area contributed by atoms with E-state index in [4.69, 9.17) is 11.6 Å². The molecule has 21 heavy (non-hydrogen) atoms. The third kappa shape index (κ3) is 7.87. The number of unbranched alkanes of at least 4 members (excludes halogenated alkanes) is 4. The Labute approximate surface area is 136 Å². The zero-order valence-corrected chi connectivity index (χ0v) is 15.0. The van der Waals surface area contributed by atoms with Gasteiger partial charge in [0.1, 0.15) is 0 Å². The Bertz CT molecular complexity index is 395. The molecule has 0 aliphatic heterocycles. The Morgan fingerprint density at radius 3 is 2.33 bits per heavy atom.